The first-order valence-corrected chi connectivity index (χ1v) is 3.58. The molecule has 0 aromatic carbocycles. The maximum atomic E-state index is 8.53. The third-order valence-corrected chi connectivity index (χ3v) is 1.21. The molecule has 0 aliphatic rings. The first-order chi connectivity index (χ1) is 6.15. The Labute approximate surface area is 77.9 Å². The number of hydrogen-bond donors (Lipinski definition) is 0. The molecule has 0 atom stereocenters. The average molecular weight is 177 g/mol. The van der Waals surface area contributed by atoms with Crippen molar-refractivity contribution in [3.8, 4) is 12.1 Å². The summed E-state index contributed by atoms with van der Waals surface area (Å²) in [5, 5.41) is 17.1. The van der Waals surface area contributed by atoms with Crippen LogP contribution in [-0.2, 0) is 4.74 Å². The molecule has 0 amide bonds. The highest BCUT2D eigenvalue weighted by Gasteiger charge is 2.01. The van der Waals surface area contributed by atoms with Crippen LogP contribution in [0.25, 0.3) is 0 Å². The fourth-order valence-electron chi connectivity index (χ4n) is 0.605. The normalized spacial score (nSPS) is 8.69. The Morgan fingerprint density at radius 1 is 1.31 bits per heavy atom. The molecule has 4 heteroatoms. The Kier molecular flexibility index (Phi) is 4.83. The van der Waals surface area contributed by atoms with E-state index in [1.54, 1.807) is 29.3 Å². The zero-order chi connectivity index (χ0) is 10.3. The van der Waals surface area contributed by atoms with Gasteiger partial charge in [0.25, 0.3) is 0 Å². The summed E-state index contributed by atoms with van der Waals surface area (Å²) in [6.45, 7) is 0. The van der Waals surface area contributed by atoms with E-state index in [-0.39, 0.29) is 11.3 Å². The second kappa shape index (κ2) is 5.68. The molecule has 13 heavy (non-hydrogen) atoms. The monoisotopic (exact) mass is 177 g/mol. The fraction of sp³-hybridized carbons (Fsp3) is 0.333. The molecule has 4 nitrogen and oxygen atoms in total. The van der Waals surface area contributed by atoms with Gasteiger partial charge in [-0.3, -0.25) is 0 Å². The molecule has 0 bridgehead atoms. The van der Waals surface area contributed by atoms with Gasteiger partial charge in [-0.05, 0) is 6.08 Å². The molecule has 0 saturated carbocycles. The number of rotatable bonds is 3. The molecule has 0 saturated heterocycles. The molecule has 0 aromatic rings. The van der Waals surface area contributed by atoms with Gasteiger partial charge in [0, 0.05) is 20.3 Å². The summed E-state index contributed by atoms with van der Waals surface area (Å²) in [4.78, 5) is 1.78. The van der Waals surface area contributed by atoms with E-state index in [1.807, 2.05) is 14.1 Å². The van der Waals surface area contributed by atoms with E-state index in [9.17, 15) is 0 Å². The molecule has 0 fully saturated rings. The first kappa shape index (κ1) is 11.1. The number of methoxy groups -OCH3 is 1. The Balaban J connectivity index is 4.82. The van der Waals surface area contributed by atoms with Crippen molar-refractivity contribution in [3.05, 3.63) is 23.6 Å². The van der Waals surface area contributed by atoms with Crippen molar-refractivity contribution in [1.29, 1.82) is 10.5 Å². The minimum Gasteiger partial charge on any atom is -0.495 e. The molecule has 0 rings (SSSR count). The summed E-state index contributed by atoms with van der Waals surface area (Å²) >= 11 is 0. The van der Waals surface area contributed by atoms with Crippen molar-refractivity contribution in [1.82, 2.24) is 4.90 Å². The zero-order valence-corrected chi connectivity index (χ0v) is 7.90. The largest absolute Gasteiger partial charge is 0.495 e. The molecule has 0 radical (unpaired) electrons. The quantitative estimate of drug-likeness (QED) is 0.366. The number of allylic oxidation sites excluding steroid dienone is 2. The summed E-state index contributed by atoms with van der Waals surface area (Å²) in [6.07, 6.45) is 3.27. The molecular formula is C9H11N3O. The summed E-state index contributed by atoms with van der Waals surface area (Å²) < 4.78 is 4.87. The van der Waals surface area contributed by atoms with Crippen LogP contribution in [0.1, 0.15) is 0 Å². The topological polar surface area (TPSA) is 60.0 Å². The predicted molar refractivity (Wildman–Crippen MR) is 48.1 cm³/mol. The van der Waals surface area contributed by atoms with E-state index < -0.39 is 0 Å². The van der Waals surface area contributed by atoms with Crippen LogP contribution in [0.2, 0.25) is 0 Å². The van der Waals surface area contributed by atoms with Crippen LogP contribution in [0.5, 0.6) is 0 Å². The minimum atomic E-state index is -0.0272. The molecule has 0 heterocycles. The SMILES string of the molecule is COC(/C=C/N(C)C)=C(C#N)C#N. The van der Waals surface area contributed by atoms with Gasteiger partial charge in [-0.25, -0.2) is 0 Å². The average Bonchev–Trinajstić information content (AvgIpc) is 2.11. The van der Waals surface area contributed by atoms with E-state index in [2.05, 4.69) is 0 Å². The van der Waals surface area contributed by atoms with Crippen LogP contribution >= 0.6 is 0 Å². The highest BCUT2D eigenvalue weighted by atomic mass is 16.5. The van der Waals surface area contributed by atoms with E-state index in [4.69, 9.17) is 15.3 Å². The number of nitriles is 2. The van der Waals surface area contributed by atoms with Crippen LogP contribution in [0, 0.1) is 22.7 Å². The van der Waals surface area contributed by atoms with Crippen LogP contribution in [-0.4, -0.2) is 26.1 Å². The van der Waals surface area contributed by atoms with Gasteiger partial charge in [-0.1, -0.05) is 0 Å². The van der Waals surface area contributed by atoms with Gasteiger partial charge in [0.1, 0.15) is 17.9 Å². The summed E-state index contributed by atoms with van der Waals surface area (Å²) in [6, 6.07) is 3.50. The second-order valence-corrected chi connectivity index (χ2v) is 2.45. The van der Waals surface area contributed by atoms with Crippen molar-refractivity contribution in [2.75, 3.05) is 21.2 Å². The van der Waals surface area contributed by atoms with Gasteiger partial charge in [0.15, 0.2) is 5.57 Å². The van der Waals surface area contributed by atoms with Crippen molar-refractivity contribution in [2.45, 2.75) is 0 Å². The van der Waals surface area contributed by atoms with Gasteiger partial charge in [0.2, 0.25) is 0 Å². The summed E-state index contributed by atoms with van der Waals surface area (Å²) in [5.74, 6) is 0.277. The van der Waals surface area contributed by atoms with E-state index in [0.29, 0.717) is 0 Å². The smallest absolute Gasteiger partial charge is 0.171 e. The Morgan fingerprint density at radius 3 is 2.15 bits per heavy atom. The van der Waals surface area contributed by atoms with Crippen molar-refractivity contribution in [3.63, 3.8) is 0 Å². The van der Waals surface area contributed by atoms with E-state index in [1.165, 1.54) is 7.11 Å². The highest BCUT2D eigenvalue weighted by molar-refractivity contribution is 5.41. The number of hydrogen-bond acceptors (Lipinski definition) is 4. The molecule has 0 aliphatic carbocycles. The van der Waals surface area contributed by atoms with Crippen molar-refractivity contribution < 1.29 is 4.74 Å². The number of nitrogens with zero attached hydrogens (tertiary/aromatic N) is 3. The Hall–Kier alpha value is -1.94. The minimum absolute atomic E-state index is 0.0272. The van der Waals surface area contributed by atoms with Gasteiger partial charge < -0.3 is 9.64 Å². The van der Waals surface area contributed by atoms with Gasteiger partial charge in [-0.15, -0.1) is 0 Å². The van der Waals surface area contributed by atoms with E-state index in [0.717, 1.165) is 0 Å². The predicted octanol–water partition coefficient (Wildman–Crippen LogP) is 1.01. The summed E-state index contributed by atoms with van der Waals surface area (Å²) in [7, 11) is 5.09. The van der Waals surface area contributed by atoms with Crippen LogP contribution in [0.15, 0.2) is 23.6 Å². The van der Waals surface area contributed by atoms with Gasteiger partial charge in [-0.2, -0.15) is 10.5 Å². The molecule has 68 valence electrons. The lowest BCUT2D eigenvalue weighted by Crippen LogP contribution is -2.01. The van der Waals surface area contributed by atoms with Gasteiger partial charge >= 0.3 is 0 Å². The van der Waals surface area contributed by atoms with E-state index >= 15 is 0 Å². The van der Waals surface area contributed by atoms with Gasteiger partial charge in [0.05, 0.1) is 7.11 Å². The molecular weight excluding hydrogens is 166 g/mol. The highest BCUT2D eigenvalue weighted by Crippen LogP contribution is 2.05. The lowest BCUT2D eigenvalue weighted by Gasteiger charge is -2.04. The van der Waals surface area contributed by atoms with Crippen LogP contribution < -0.4 is 0 Å². The molecule has 0 spiro atoms. The fourth-order valence-corrected chi connectivity index (χ4v) is 0.605. The second-order valence-electron chi connectivity index (χ2n) is 2.45. The third kappa shape index (κ3) is 3.83. The zero-order valence-electron chi connectivity index (χ0n) is 7.90. The molecule has 0 aliphatic heterocycles. The standard InChI is InChI=1S/C9H11N3O/c1-12(2)5-4-9(13-3)8(6-10)7-11/h4-5H,1-3H3/b5-4+. The lowest BCUT2D eigenvalue weighted by molar-refractivity contribution is 0.304. The molecule has 0 N–H and O–H groups in total. The number of ether oxygens (including phenoxy) is 1. The van der Waals surface area contributed by atoms with Crippen LogP contribution in [0.4, 0.5) is 0 Å². The molecule has 0 unspecified atom stereocenters. The van der Waals surface area contributed by atoms with Crippen molar-refractivity contribution >= 4 is 0 Å². The van der Waals surface area contributed by atoms with Crippen molar-refractivity contribution in [2.24, 2.45) is 0 Å². The maximum Gasteiger partial charge on any atom is 0.171 e. The molecule has 0 aromatic heterocycles. The Morgan fingerprint density at radius 2 is 1.85 bits per heavy atom. The Bertz CT molecular complexity index is 286. The lowest BCUT2D eigenvalue weighted by atomic mass is 10.2. The third-order valence-electron chi connectivity index (χ3n) is 1.21. The van der Waals surface area contributed by atoms with Crippen LogP contribution in [0.3, 0.4) is 0 Å². The summed E-state index contributed by atoms with van der Waals surface area (Å²) in [5.41, 5.74) is -0.0272. The maximum absolute atomic E-state index is 8.53. The first-order valence-electron chi connectivity index (χ1n) is 3.58.